The maximum absolute atomic E-state index is 14.6. The van der Waals surface area contributed by atoms with Crippen molar-refractivity contribution < 1.29 is 18.7 Å². The smallest absolute Gasteiger partial charge is 0.352 e. The molecule has 1 amide bonds. The molecule has 0 saturated heterocycles. The third kappa shape index (κ3) is 2.64. The minimum Gasteiger partial charge on any atom is -0.389 e. The van der Waals surface area contributed by atoms with E-state index in [2.05, 4.69) is 4.98 Å². The number of carbonyl (C=O) groups is 1. The molecule has 1 N–H and O–H groups in total. The molecule has 0 aliphatic carbocycles. The number of hydrogen-bond donors (Lipinski definition) is 1. The standard InChI is InChI=1S/C17H12ClF2N3O2/c1-9(24)11-3-2-4-13-14(11)17(19,20)16(25)23(13)8-10-5-6-22-12(7-21)15(10)18/h2-6,9,24H,8H2,1H3/t9-/m0/s1. The summed E-state index contributed by atoms with van der Waals surface area (Å²) in [5.41, 5.74) is -0.208. The third-order valence-electron chi connectivity index (χ3n) is 4.05. The predicted molar refractivity (Wildman–Crippen MR) is 86.1 cm³/mol. The van der Waals surface area contributed by atoms with Crippen LogP contribution in [0.5, 0.6) is 0 Å². The zero-order valence-electron chi connectivity index (χ0n) is 13.0. The van der Waals surface area contributed by atoms with Gasteiger partial charge in [0.15, 0.2) is 5.69 Å². The number of alkyl halides is 2. The van der Waals surface area contributed by atoms with Crippen LogP contribution in [-0.2, 0) is 17.3 Å². The van der Waals surface area contributed by atoms with Gasteiger partial charge in [-0.05, 0) is 30.2 Å². The maximum Gasteiger partial charge on any atom is 0.352 e. The van der Waals surface area contributed by atoms with Crippen LogP contribution < -0.4 is 4.90 Å². The molecule has 0 saturated carbocycles. The second-order valence-corrected chi connectivity index (χ2v) is 6.01. The molecule has 1 aliphatic rings. The van der Waals surface area contributed by atoms with Gasteiger partial charge in [0, 0.05) is 6.20 Å². The van der Waals surface area contributed by atoms with Gasteiger partial charge in [-0.25, -0.2) is 4.98 Å². The molecule has 128 valence electrons. The number of hydrogen-bond acceptors (Lipinski definition) is 4. The van der Waals surface area contributed by atoms with Crippen molar-refractivity contribution in [3.63, 3.8) is 0 Å². The number of aromatic nitrogens is 1. The van der Waals surface area contributed by atoms with Crippen LogP contribution >= 0.6 is 11.6 Å². The SMILES string of the molecule is C[C@H](O)c1cccc2c1C(F)(F)C(=O)N2Cc1ccnc(C#N)c1Cl. The maximum atomic E-state index is 14.6. The predicted octanol–water partition coefficient (Wildman–Crippen LogP) is 3.30. The number of rotatable bonds is 3. The van der Waals surface area contributed by atoms with Gasteiger partial charge in [-0.2, -0.15) is 14.0 Å². The van der Waals surface area contributed by atoms with Gasteiger partial charge in [-0.3, -0.25) is 4.79 Å². The Hall–Kier alpha value is -2.56. The van der Waals surface area contributed by atoms with Crippen LogP contribution in [0.15, 0.2) is 30.5 Å². The molecule has 25 heavy (non-hydrogen) atoms. The van der Waals surface area contributed by atoms with Gasteiger partial charge < -0.3 is 10.0 Å². The largest absolute Gasteiger partial charge is 0.389 e. The molecule has 8 heteroatoms. The highest BCUT2D eigenvalue weighted by molar-refractivity contribution is 6.32. The molecule has 2 heterocycles. The quantitative estimate of drug-likeness (QED) is 0.907. The summed E-state index contributed by atoms with van der Waals surface area (Å²) in [6, 6.07) is 7.52. The van der Waals surface area contributed by atoms with Crippen LogP contribution in [0.3, 0.4) is 0 Å². The first-order valence-corrected chi connectivity index (χ1v) is 7.71. The minimum absolute atomic E-state index is 0.00288. The van der Waals surface area contributed by atoms with Gasteiger partial charge in [-0.15, -0.1) is 0 Å². The summed E-state index contributed by atoms with van der Waals surface area (Å²) in [6.45, 7) is 1.12. The summed E-state index contributed by atoms with van der Waals surface area (Å²) in [7, 11) is 0. The second kappa shape index (κ2) is 6.06. The van der Waals surface area contributed by atoms with Gasteiger partial charge in [0.05, 0.1) is 28.9 Å². The van der Waals surface area contributed by atoms with E-state index in [1.54, 1.807) is 6.07 Å². The Labute approximate surface area is 147 Å². The lowest BCUT2D eigenvalue weighted by Crippen LogP contribution is -2.34. The number of nitrogens with zero attached hydrogens (tertiary/aromatic N) is 3. The van der Waals surface area contributed by atoms with Crippen molar-refractivity contribution in [1.29, 1.82) is 5.26 Å². The number of benzene rings is 1. The first-order chi connectivity index (χ1) is 11.8. The minimum atomic E-state index is -3.75. The first-order valence-electron chi connectivity index (χ1n) is 7.33. The van der Waals surface area contributed by atoms with E-state index in [0.29, 0.717) is 5.56 Å². The second-order valence-electron chi connectivity index (χ2n) is 5.63. The van der Waals surface area contributed by atoms with Crippen LogP contribution in [0.25, 0.3) is 0 Å². The first kappa shape index (κ1) is 17.3. The number of halogens is 3. The van der Waals surface area contributed by atoms with Crippen molar-refractivity contribution >= 4 is 23.2 Å². The Bertz CT molecular complexity index is 909. The van der Waals surface area contributed by atoms with Crippen molar-refractivity contribution in [3.05, 3.63) is 57.9 Å². The van der Waals surface area contributed by atoms with E-state index in [0.717, 1.165) is 4.90 Å². The van der Waals surface area contributed by atoms with Crippen molar-refractivity contribution in [1.82, 2.24) is 4.98 Å². The van der Waals surface area contributed by atoms with Crippen molar-refractivity contribution in [2.75, 3.05) is 4.90 Å². The number of nitriles is 1. The topological polar surface area (TPSA) is 77.2 Å². The highest BCUT2D eigenvalue weighted by Gasteiger charge is 2.54. The van der Waals surface area contributed by atoms with E-state index in [1.165, 1.54) is 37.4 Å². The molecule has 0 fully saturated rings. The summed E-state index contributed by atoms with van der Waals surface area (Å²) in [5.74, 6) is -5.15. The summed E-state index contributed by atoms with van der Waals surface area (Å²) >= 11 is 6.06. The molecule has 0 spiro atoms. The fourth-order valence-corrected chi connectivity index (χ4v) is 3.08. The van der Waals surface area contributed by atoms with Gasteiger partial charge in [0.25, 0.3) is 0 Å². The normalized spacial score (nSPS) is 16.5. The number of carbonyl (C=O) groups excluding carboxylic acids is 1. The van der Waals surface area contributed by atoms with Crippen LogP contribution in [0.1, 0.15) is 35.4 Å². The fraction of sp³-hybridized carbons (Fsp3) is 0.235. The number of pyridine rings is 1. The number of amides is 1. The Morgan fingerprint density at radius 3 is 2.80 bits per heavy atom. The molecular weight excluding hydrogens is 352 g/mol. The lowest BCUT2D eigenvalue weighted by atomic mass is 9.98. The molecule has 2 aromatic rings. The molecule has 1 aliphatic heterocycles. The van der Waals surface area contributed by atoms with Gasteiger partial charge in [0.1, 0.15) is 6.07 Å². The summed E-state index contributed by atoms with van der Waals surface area (Å²) in [4.78, 5) is 17.0. The van der Waals surface area contributed by atoms with E-state index < -0.39 is 23.5 Å². The van der Waals surface area contributed by atoms with E-state index in [4.69, 9.17) is 16.9 Å². The summed E-state index contributed by atoms with van der Waals surface area (Å²) < 4.78 is 29.1. The fourth-order valence-electron chi connectivity index (χ4n) is 2.87. The molecule has 3 rings (SSSR count). The van der Waals surface area contributed by atoms with Gasteiger partial charge in [-0.1, -0.05) is 23.7 Å². The Morgan fingerprint density at radius 1 is 1.44 bits per heavy atom. The van der Waals surface area contributed by atoms with Crippen LogP contribution in [0, 0.1) is 11.3 Å². The number of anilines is 1. The lowest BCUT2D eigenvalue weighted by molar-refractivity contribution is -0.141. The third-order valence-corrected chi connectivity index (χ3v) is 4.47. The monoisotopic (exact) mass is 363 g/mol. The zero-order valence-corrected chi connectivity index (χ0v) is 13.8. The van der Waals surface area contributed by atoms with Gasteiger partial charge in [0.2, 0.25) is 0 Å². The Balaban J connectivity index is 2.11. The molecule has 0 bridgehead atoms. The lowest BCUT2D eigenvalue weighted by Gasteiger charge is -2.18. The molecule has 1 aromatic heterocycles. The highest BCUT2D eigenvalue weighted by Crippen LogP contribution is 2.48. The van der Waals surface area contributed by atoms with Crippen molar-refractivity contribution in [3.8, 4) is 6.07 Å². The molecule has 0 radical (unpaired) electrons. The van der Waals surface area contributed by atoms with E-state index in [9.17, 15) is 18.7 Å². The van der Waals surface area contributed by atoms with E-state index in [-0.39, 0.29) is 28.5 Å². The molecule has 5 nitrogen and oxygen atoms in total. The van der Waals surface area contributed by atoms with Crippen molar-refractivity contribution in [2.24, 2.45) is 0 Å². The molecular formula is C17H12ClF2N3O2. The highest BCUT2D eigenvalue weighted by atomic mass is 35.5. The average Bonchev–Trinajstić information content (AvgIpc) is 2.77. The van der Waals surface area contributed by atoms with E-state index >= 15 is 0 Å². The molecule has 1 aromatic carbocycles. The number of aliphatic hydroxyl groups excluding tert-OH is 1. The van der Waals surface area contributed by atoms with Crippen LogP contribution in [-0.4, -0.2) is 16.0 Å². The molecule has 1 atom stereocenters. The van der Waals surface area contributed by atoms with Crippen LogP contribution in [0.4, 0.5) is 14.5 Å². The summed E-state index contributed by atoms with van der Waals surface area (Å²) in [6.07, 6.45) is 0.175. The van der Waals surface area contributed by atoms with Crippen molar-refractivity contribution in [2.45, 2.75) is 25.5 Å². The molecule has 0 unspecified atom stereocenters. The number of aliphatic hydroxyl groups is 1. The summed E-state index contributed by atoms with van der Waals surface area (Å²) in [5, 5.41) is 18.8. The van der Waals surface area contributed by atoms with Gasteiger partial charge >= 0.3 is 11.8 Å². The Kier molecular flexibility index (Phi) is 4.19. The Morgan fingerprint density at radius 2 is 2.16 bits per heavy atom. The number of fused-ring (bicyclic) bond motifs is 1. The van der Waals surface area contributed by atoms with Crippen LogP contribution in [0.2, 0.25) is 5.02 Å². The average molecular weight is 364 g/mol. The van der Waals surface area contributed by atoms with E-state index in [1.807, 2.05) is 0 Å². The zero-order chi connectivity index (χ0) is 18.4.